The van der Waals surface area contributed by atoms with Gasteiger partial charge in [-0.25, -0.2) is 0 Å². The summed E-state index contributed by atoms with van der Waals surface area (Å²) in [6, 6.07) is 14.6. The molecule has 2 aromatic rings. The van der Waals surface area contributed by atoms with Crippen LogP contribution in [0, 0.1) is 11.3 Å². The SMILES string of the molecule is CSc1cccc(N2CCc3ccc(N)cc3C2)c1C#N. The number of rotatable bonds is 2. The molecule has 0 atom stereocenters. The molecule has 0 amide bonds. The lowest BCUT2D eigenvalue weighted by atomic mass is 9.98. The zero-order valence-corrected chi connectivity index (χ0v) is 12.8. The zero-order valence-electron chi connectivity index (χ0n) is 12.0. The summed E-state index contributed by atoms with van der Waals surface area (Å²) in [5, 5.41) is 9.49. The van der Waals surface area contributed by atoms with Gasteiger partial charge in [-0.15, -0.1) is 11.8 Å². The van der Waals surface area contributed by atoms with Crippen LogP contribution in [0.4, 0.5) is 11.4 Å². The Hall–Kier alpha value is -2.12. The van der Waals surface area contributed by atoms with Gasteiger partial charge in [0.05, 0.1) is 11.3 Å². The lowest BCUT2D eigenvalue weighted by Crippen LogP contribution is -2.31. The van der Waals surface area contributed by atoms with Crippen LogP contribution in [0.3, 0.4) is 0 Å². The van der Waals surface area contributed by atoms with Gasteiger partial charge in [-0.2, -0.15) is 5.26 Å². The zero-order chi connectivity index (χ0) is 14.8. The van der Waals surface area contributed by atoms with Crippen molar-refractivity contribution in [2.75, 3.05) is 23.4 Å². The predicted molar refractivity (Wildman–Crippen MR) is 88.5 cm³/mol. The third kappa shape index (κ3) is 2.57. The van der Waals surface area contributed by atoms with E-state index in [9.17, 15) is 5.26 Å². The molecule has 0 saturated heterocycles. The van der Waals surface area contributed by atoms with Gasteiger partial charge in [-0.05, 0) is 48.1 Å². The third-order valence-corrected chi connectivity index (χ3v) is 4.70. The summed E-state index contributed by atoms with van der Waals surface area (Å²) in [4.78, 5) is 3.31. The first kappa shape index (κ1) is 13.8. The summed E-state index contributed by atoms with van der Waals surface area (Å²) in [5.74, 6) is 0. The topological polar surface area (TPSA) is 53.0 Å². The van der Waals surface area contributed by atoms with Crippen molar-refractivity contribution >= 4 is 23.1 Å². The quantitative estimate of drug-likeness (QED) is 0.681. The number of fused-ring (bicyclic) bond motifs is 1. The summed E-state index contributed by atoms with van der Waals surface area (Å²) in [6.07, 6.45) is 3.00. The molecule has 0 fully saturated rings. The Morgan fingerprint density at radius 1 is 1.24 bits per heavy atom. The highest BCUT2D eigenvalue weighted by Gasteiger charge is 2.20. The number of nitrogen functional groups attached to an aromatic ring is 1. The predicted octanol–water partition coefficient (Wildman–Crippen LogP) is 3.43. The number of benzene rings is 2. The lowest BCUT2D eigenvalue weighted by Gasteiger charge is -2.31. The first-order chi connectivity index (χ1) is 10.2. The molecular weight excluding hydrogens is 278 g/mol. The van der Waals surface area contributed by atoms with Gasteiger partial charge < -0.3 is 10.6 Å². The molecule has 4 heteroatoms. The first-order valence-electron chi connectivity index (χ1n) is 6.92. The van der Waals surface area contributed by atoms with Crippen LogP contribution in [-0.2, 0) is 13.0 Å². The number of nitrogens with two attached hydrogens (primary N) is 1. The Kier molecular flexibility index (Phi) is 3.76. The Bertz CT molecular complexity index is 718. The molecule has 0 radical (unpaired) electrons. The van der Waals surface area contributed by atoms with Gasteiger partial charge in [0, 0.05) is 23.7 Å². The van der Waals surface area contributed by atoms with E-state index in [-0.39, 0.29) is 0 Å². The van der Waals surface area contributed by atoms with E-state index in [0.717, 1.165) is 41.3 Å². The number of nitrogens with zero attached hydrogens (tertiary/aromatic N) is 2. The van der Waals surface area contributed by atoms with Crippen molar-refractivity contribution < 1.29 is 0 Å². The average molecular weight is 295 g/mol. The molecule has 0 aromatic heterocycles. The molecule has 2 N–H and O–H groups in total. The summed E-state index contributed by atoms with van der Waals surface area (Å²) < 4.78 is 0. The van der Waals surface area contributed by atoms with Crippen molar-refractivity contribution in [1.82, 2.24) is 0 Å². The summed E-state index contributed by atoms with van der Waals surface area (Å²) in [7, 11) is 0. The number of hydrogen-bond donors (Lipinski definition) is 1. The third-order valence-electron chi connectivity index (χ3n) is 3.92. The molecule has 3 nitrogen and oxygen atoms in total. The smallest absolute Gasteiger partial charge is 0.103 e. The number of nitriles is 1. The second kappa shape index (κ2) is 5.71. The molecule has 1 aliphatic heterocycles. The van der Waals surface area contributed by atoms with Crippen LogP contribution >= 0.6 is 11.8 Å². The minimum absolute atomic E-state index is 0.775. The van der Waals surface area contributed by atoms with Crippen molar-refractivity contribution in [2.24, 2.45) is 0 Å². The Balaban J connectivity index is 1.98. The van der Waals surface area contributed by atoms with E-state index >= 15 is 0 Å². The first-order valence-corrected chi connectivity index (χ1v) is 8.14. The van der Waals surface area contributed by atoms with Crippen LogP contribution in [0.15, 0.2) is 41.3 Å². The van der Waals surface area contributed by atoms with Gasteiger partial charge in [0.1, 0.15) is 6.07 Å². The average Bonchev–Trinajstić information content (AvgIpc) is 2.53. The molecule has 0 aliphatic carbocycles. The number of thioether (sulfide) groups is 1. The van der Waals surface area contributed by atoms with E-state index < -0.39 is 0 Å². The summed E-state index contributed by atoms with van der Waals surface area (Å²) >= 11 is 1.62. The highest BCUT2D eigenvalue weighted by atomic mass is 32.2. The van der Waals surface area contributed by atoms with Gasteiger partial charge in [0.25, 0.3) is 0 Å². The van der Waals surface area contributed by atoms with Crippen LogP contribution in [0.5, 0.6) is 0 Å². The Morgan fingerprint density at radius 2 is 2.10 bits per heavy atom. The maximum absolute atomic E-state index is 9.49. The van der Waals surface area contributed by atoms with Crippen molar-refractivity contribution in [3.05, 3.63) is 53.1 Å². The molecule has 0 saturated carbocycles. The van der Waals surface area contributed by atoms with Crippen molar-refractivity contribution in [3.8, 4) is 6.07 Å². The lowest BCUT2D eigenvalue weighted by molar-refractivity contribution is 0.730. The maximum Gasteiger partial charge on any atom is 0.103 e. The van der Waals surface area contributed by atoms with Gasteiger partial charge in [0.15, 0.2) is 0 Å². The largest absolute Gasteiger partial charge is 0.399 e. The fraction of sp³-hybridized carbons (Fsp3) is 0.235. The van der Waals surface area contributed by atoms with Gasteiger partial charge in [-0.1, -0.05) is 12.1 Å². The van der Waals surface area contributed by atoms with Crippen molar-refractivity contribution in [1.29, 1.82) is 5.26 Å². The van der Waals surface area contributed by atoms with E-state index in [2.05, 4.69) is 17.0 Å². The standard InChI is InChI=1S/C17H17N3S/c1-21-17-4-2-3-16(15(17)10-18)20-8-7-12-5-6-14(19)9-13(12)11-20/h2-6,9H,7-8,11,19H2,1H3. The fourth-order valence-corrected chi connectivity index (χ4v) is 3.42. The molecular formula is C17H17N3S. The van der Waals surface area contributed by atoms with E-state index in [0.29, 0.717) is 0 Å². The molecule has 0 unspecified atom stereocenters. The normalized spacial score (nSPS) is 13.6. The van der Waals surface area contributed by atoms with Gasteiger partial charge in [0.2, 0.25) is 0 Å². The highest BCUT2D eigenvalue weighted by molar-refractivity contribution is 7.98. The maximum atomic E-state index is 9.49. The van der Waals surface area contributed by atoms with Crippen LogP contribution in [-0.4, -0.2) is 12.8 Å². The Morgan fingerprint density at radius 3 is 2.86 bits per heavy atom. The summed E-state index contributed by atoms with van der Waals surface area (Å²) in [6.45, 7) is 1.75. The van der Waals surface area contributed by atoms with Gasteiger partial charge in [-0.3, -0.25) is 0 Å². The second-order valence-corrected chi connectivity index (χ2v) is 6.01. The minimum atomic E-state index is 0.775. The Labute approximate surface area is 129 Å². The molecule has 0 bridgehead atoms. The fourth-order valence-electron chi connectivity index (χ4n) is 2.85. The molecule has 1 aliphatic rings. The van der Waals surface area contributed by atoms with E-state index in [1.165, 1.54) is 11.1 Å². The second-order valence-electron chi connectivity index (χ2n) is 5.17. The molecule has 3 rings (SSSR count). The van der Waals surface area contributed by atoms with Gasteiger partial charge >= 0.3 is 0 Å². The van der Waals surface area contributed by atoms with E-state index in [1.54, 1.807) is 11.8 Å². The molecule has 2 aromatic carbocycles. The highest BCUT2D eigenvalue weighted by Crippen LogP contribution is 2.32. The van der Waals surface area contributed by atoms with Crippen LogP contribution < -0.4 is 10.6 Å². The molecule has 0 spiro atoms. The van der Waals surface area contributed by atoms with Crippen molar-refractivity contribution in [3.63, 3.8) is 0 Å². The van der Waals surface area contributed by atoms with Crippen LogP contribution in [0.25, 0.3) is 0 Å². The monoisotopic (exact) mass is 295 g/mol. The molecule has 106 valence electrons. The number of anilines is 2. The van der Waals surface area contributed by atoms with E-state index in [1.807, 2.05) is 36.6 Å². The minimum Gasteiger partial charge on any atom is -0.399 e. The van der Waals surface area contributed by atoms with Crippen LogP contribution in [0.2, 0.25) is 0 Å². The molecule has 1 heterocycles. The number of hydrogen-bond acceptors (Lipinski definition) is 4. The summed E-state index contributed by atoms with van der Waals surface area (Å²) in [5.41, 5.74) is 11.1. The van der Waals surface area contributed by atoms with E-state index in [4.69, 9.17) is 5.73 Å². The van der Waals surface area contributed by atoms with Crippen molar-refractivity contribution in [2.45, 2.75) is 17.9 Å². The molecule has 21 heavy (non-hydrogen) atoms. The van der Waals surface area contributed by atoms with Crippen LogP contribution in [0.1, 0.15) is 16.7 Å².